The summed E-state index contributed by atoms with van der Waals surface area (Å²) in [5, 5.41) is 4.44. The number of hydrogen-bond acceptors (Lipinski definition) is 5. The lowest BCUT2D eigenvalue weighted by Crippen LogP contribution is -2.15. The molecule has 5 heteroatoms. The standard InChI is InChI=1S/C39H26N4O/c1-39(2)30-22-25(16-17-27(30)28-18-19-32-33(34(28)39)29-14-8-9-15-31(29)44-32)37-41-36(24-11-4-3-5-12-24)42-38(43-37)35-26-13-7-6-10-23(26)20-21-40-35/h3-22H,1-2H3. The molecule has 0 aliphatic heterocycles. The first-order valence-electron chi connectivity index (χ1n) is 14.8. The molecule has 44 heavy (non-hydrogen) atoms. The van der Waals surface area contributed by atoms with E-state index >= 15 is 0 Å². The van der Waals surface area contributed by atoms with Gasteiger partial charge in [-0.1, -0.05) is 105 Å². The molecule has 1 aliphatic rings. The zero-order valence-electron chi connectivity index (χ0n) is 24.2. The molecule has 9 rings (SSSR count). The minimum atomic E-state index is -0.262. The van der Waals surface area contributed by atoms with Gasteiger partial charge >= 0.3 is 0 Å². The molecule has 0 amide bonds. The molecule has 5 aromatic carbocycles. The van der Waals surface area contributed by atoms with Crippen LogP contribution in [0.25, 0.3) is 78.1 Å². The fourth-order valence-electron chi connectivity index (χ4n) is 6.89. The van der Waals surface area contributed by atoms with Crippen molar-refractivity contribution in [3.63, 3.8) is 0 Å². The van der Waals surface area contributed by atoms with E-state index in [0.717, 1.165) is 44.1 Å². The van der Waals surface area contributed by atoms with Crippen LogP contribution >= 0.6 is 0 Å². The lowest BCUT2D eigenvalue weighted by Gasteiger charge is -2.22. The lowest BCUT2D eigenvalue weighted by molar-refractivity contribution is 0.657. The molecule has 0 atom stereocenters. The molecule has 5 nitrogen and oxygen atoms in total. The average molecular weight is 567 g/mol. The Kier molecular flexibility index (Phi) is 5.18. The molecule has 0 bridgehead atoms. The van der Waals surface area contributed by atoms with E-state index in [4.69, 9.17) is 24.4 Å². The predicted molar refractivity (Wildman–Crippen MR) is 176 cm³/mol. The Labute approximate surface area is 253 Å². The van der Waals surface area contributed by atoms with Crippen molar-refractivity contribution in [2.75, 3.05) is 0 Å². The number of hydrogen-bond donors (Lipinski definition) is 0. The summed E-state index contributed by atoms with van der Waals surface area (Å²) in [7, 11) is 0. The van der Waals surface area contributed by atoms with Gasteiger partial charge in [0.15, 0.2) is 17.5 Å². The van der Waals surface area contributed by atoms with Crippen molar-refractivity contribution in [1.29, 1.82) is 0 Å². The Bertz CT molecular complexity index is 2420. The van der Waals surface area contributed by atoms with Crippen LogP contribution in [-0.2, 0) is 5.41 Å². The van der Waals surface area contributed by atoms with E-state index in [0.29, 0.717) is 17.5 Å². The van der Waals surface area contributed by atoms with Gasteiger partial charge in [-0.15, -0.1) is 0 Å². The molecule has 3 aromatic heterocycles. The number of nitrogens with zero attached hydrogens (tertiary/aromatic N) is 4. The molecule has 1 aliphatic carbocycles. The fourth-order valence-corrected chi connectivity index (χ4v) is 6.89. The second-order valence-electron chi connectivity index (χ2n) is 11.9. The Morgan fingerprint density at radius 1 is 0.568 bits per heavy atom. The van der Waals surface area contributed by atoms with E-state index < -0.39 is 0 Å². The van der Waals surface area contributed by atoms with Gasteiger partial charge in [-0.25, -0.2) is 15.0 Å². The molecule has 0 spiro atoms. The average Bonchev–Trinajstić information content (AvgIpc) is 3.56. The first-order valence-corrected chi connectivity index (χ1v) is 14.8. The third kappa shape index (κ3) is 3.59. The van der Waals surface area contributed by atoms with Crippen LogP contribution < -0.4 is 0 Å². The van der Waals surface area contributed by atoms with Crippen molar-refractivity contribution in [3.8, 4) is 45.4 Å². The number of fused-ring (bicyclic) bond motifs is 8. The Morgan fingerprint density at radius 3 is 2.14 bits per heavy atom. The van der Waals surface area contributed by atoms with Gasteiger partial charge in [0.25, 0.3) is 0 Å². The maximum absolute atomic E-state index is 6.27. The highest BCUT2D eigenvalue weighted by atomic mass is 16.3. The summed E-state index contributed by atoms with van der Waals surface area (Å²) >= 11 is 0. The maximum atomic E-state index is 6.27. The quantitative estimate of drug-likeness (QED) is 0.213. The minimum Gasteiger partial charge on any atom is -0.456 e. The van der Waals surface area contributed by atoms with E-state index in [2.05, 4.69) is 68.4 Å². The highest BCUT2D eigenvalue weighted by Crippen LogP contribution is 2.53. The number of rotatable bonds is 3. The van der Waals surface area contributed by atoms with Gasteiger partial charge in [-0.2, -0.15) is 0 Å². The van der Waals surface area contributed by atoms with Crippen LogP contribution in [0.2, 0.25) is 0 Å². The summed E-state index contributed by atoms with van der Waals surface area (Å²) < 4.78 is 6.27. The number of pyridine rings is 1. The van der Waals surface area contributed by atoms with Crippen LogP contribution in [0.15, 0.2) is 126 Å². The number of furan rings is 1. The molecule has 208 valence electrons. The summed E-state index contributed by atoms with van der Waals surface area (Å²) in [4.78, 5) is 19.8. The first-order chi connectivity index (χ1) is 21.6. The summed E-state index contributed by atoms with van der Waals surface area (Å²) in [6, 6.07) is 39.5. The third-order valence-electron chi connectivity index (χ3n) is 8.96. The van der Waals surface area contributed by atoms with Gasteiger partial charge in [0.2, 0.25) is 0 Å². The highest BCUT2D eigenvalue weighted by molar-refractivity contribution is 6.11. The Balaban J connectivity index is 1.25. The van der Waals surface area contributed by atoms with Gasteiger partial charge in [0.05, 0.1) is 0 Å². The van der Waals surface area contributed by atoms with Gasteiger partial charge < -0.3 is 4.42 Å². The number of benzene rings is 5. The molecule has 8 aromatic rings. The van der Waals surface area contributed by atoms with Crippen molar-refractivity contribution in [1.82, 2.24) is 19.9 Å². The topological polar surface area (TPSA) is 64.7 Å². The van der Waals surface area contributed by atoms with Crippen LogP contribution in [0.5, 0.6) is 0 Å². The molecule has 0 unspecified atom stereocenters. The van der Waals surface area contributed by atoms with Gasteiger partial charge in [0, 0.05) is 38.9 Å². The van der Waals surface area contributed by atoms with Crippen LogP contribution in [0.4, 0.5) is 0 Å². The second-order valence-corrected chi connectivity index (χ2v) is 11.9. The van der Waals surface area contributed by atoms with Crippen molar-refractivity contribution < 1.29 is 4.42 Å². The van der Waals surface area contributed by atoms with E-state index in [-0.39, 0.29) is 5.41 Å². The van der Waals surface area contributed by atoms with E-state index in [1.165, 1.54) is 27.6 Å². The third-order valence-corrected chi connectivity index (χ3v) is 8.96. The van der Waals surface area contributed by atoms with Crippen molar-refractivity contribution >= 4 is 32.7 Å². The summed E-state index contributed by atoms with van der Waals surface area (Å²) in [5.74, 6) is 1.80. The smallest absolute Gasteiger partial charge is 0.183 e. The zero-order valence-corrected chi connectivity index (χ0v) is 24.2. The number of para-hydroxylation sites is 1. The Hall–Kier alpha value is -5.68. The molecule has 0 fully saturated rings. The van der Waals surface area contributed by atoms with Crippen LogP contribution in [0.3, 0.4) is 0 Å². The normalized spacial score (nSPS) is 13.4. The zero-order chi connectivity index (χ0) is 29.4. The first kappa shape index (κ1) is 24.9. The van der Waals surface area contributed by atoms with Crippen molar-refractivity contribution in [2.45, 2.75) is 19.3 Å². The maximum Gasteiger partial charge on any atom is 0.183 e. The Morgan fingerprint density at radius 2 is 1.27 bits per heavy atom. The molecular weight excluding hydrogens is 540 g/mol. The SMILES string of the molecule is CC1(C)c2cc(-c3nc(-c4ccccc4)nc(-c4nccc5ccccc45)n3)ccc2-c2ccc3oc4ccccc4c3c21. The van der Waals surface area contributed by atoms with E-state index in [9.17, 15) is 0 Å². The lowest BCUT2D eigenvalue weighted by atomic mass is 9.80. The predicted octanol–water partition coefficient (Wildman–Crippen LogP) is 9.63. The highest BCUT2D eigenvalue weighted by Gasteiger charge is 2.38. The second kappa shape index (κ2) is 9.16. The summed E-state index contributed by atoms with van der Waals surface area (Å²) in [5.41, 5.74) is 9.21. The fraction of sp³-hybridized carbons (Fsp3) is 0.0769. The van der Waals surface area contributed by atoms with Crippen LogP contribution in [-0.4, -0.2) is 19.9 Å². The monoisotopic (exact) mass is 566 g/mol. The van der Waals surface area contributed by atoms with Crippen LogP contribution in [0.1, 0.15) is 25.0 Å². The molecule has 0 saturated carbocycles. The van der Waals surface area contributed by atoms with E-state index in [1.54, 1.807) is 0 Å². The molecular formula is C39H26N4O. The van der Waals surface area contributed by atoms with E-state index in [1.807, 2.05) is 66.9 Å². The molecule has 3 heterocycles. The summed E-state index contributed by atoms with van der Waals surface area (Å²) in [6.07, 6.45) is 1.82. The molecule has 0 radical (unpaired) electrons. The van der Waals surface area contributed by atoms with Crippen molar-refractivity contribution in [2.24, 2.45) is 0 Å². The molecule has 0 saturated heterocycles. The van der Waals surface area contributed by atoms with Gasteiger partial charge in [0.1, 0.15) is 16.9 Å². The van der Waals surface area contributed by atoms with Gasteiger partial charge in [-0.05, 0) is 51.9 Å². The number of aromatic nitrogens is 4. The largest absolute Gasteiger partial charge is 0.456 e. The van der Waals surface area contributed by atoms with Crippen LogP contribution in [0, 0.1) is 0 Å². The van der Waals surface area contributed by atoms with Gasteiger partial charge in [-0.3, -0.25) is 4.98 Å². The molecule has 0 N–H and O–H groups in total. The minimum absolute atomic E-state index is 0.262. The van der Waals surface area contributed by atoms with Crippen molar-refractivity contribution in [3.05, 3.63) is 133 Å². The summed E-state index contributed by atoms with van der Waals surface area (Å²) in [6.45, 7) is 4.60.